The van der Waals surface area contributed by atoms with Gasteiger partial charge in [-0.15, -0.1) is 0 Å². The SMILES string of the molecule is COc1ccc([C@H](C)NC(=O)[C@H](C)S(C)(=O)=O)c(OC)c1. The number of sulfone groups is 1. The van der Waals surface area contributed by atoms with Gasteiger partial charge in [0.2, 0.25) is 5.91 Å². The lowest BCUT2D eigenvalue weighted by molar-refractivity contribution is -0.121. The summed E-state index contributed by atoms with van der Waals surface area (Å²) in [6.45, 7) is 3.12. The van der Waals surface area contributed by atoms with E-state index in [0.29, 0.717) is 11.5 Å². The summed E-state index contributed by atoms with van der Waals surface area (Å²) in [5.41, 5.74) is 0.743. The average Bonchev–Trinajstić information content (AvgIpc) is 2.44. The van der Waals surface area contributed by atoms with Crippen molar-refractivity contribution >= 4 is 15.7 Å². The van der Waals surface area contributed by atoms with Crippen LogP contribution in [0.1, 0.15) is 25.5 Å². The molecule has 0 aliphatic rings. The fourth-order valence-electron chi connectivity index (χ4n) is 1.78. The lowest BCUT2D eigenvalue weighted by Gasteiger charge is -2.19. The van der Waals surface area contributed by atoms with E-state index in [2.05, 4.69) is 5.32 Å². The molecule has 6 nitrogen and oxygen atoms in total. The molecular formula is C14H21NO5S. The van der Waals surface area contributed by atoms with E-state index in [1.54, 1.807) is 32.2 Å². The second kappa shape index (κ2) is 6.80. The molecule has 0 spiro atoms. The van der Waals surface area contributed by atoms with Gasteiger partial charge in [-0.1, -0.05) is 0 Å². The van der Waals surface area contributed by atoms with Gasteiger partial charge in [0.25, 0.3) is 0 Å². The Hall–Kier alpha value is -1.76. The van der Waals surface area contributed by atoms with Crippen LogP contribution in [0.2, 0.25) is 0 Å². The Labute approximate surface area is 125 Å². The number of benzene rings is 1. The third-order valence-electron chi connectivity index (χ3n) is 3.28. The van der Waals surface area contributed by atoms with Crippen LogP contribution >= 0.6 is 0 Å². The van der Waals surface area contributed by atoms with Crippen LogP contribution < -0.4 is 14.8 Å². The number of methoxy groups -OCH3 is 2. The quantitative estimate of drug-likeness (QED) is 0.856. The number of hydrogen-bond acceptors (Lipinski definition) is 5. The number of ether oxygens (including phenoxy) is 2. The first-order valence-electron chi connectivity index (χ1n) is 6.41. The molecule has 2 atom stereocenters. The van der Waals surface area contributed by atoms with Crippen molar-refractivity contribution in [3.8, 4) is 11.5 Å². The maximum absolute atomic E-state index is 11.9. The molecule has 0 saturated carbocycles. The maximum Gasteiger partial charge on any atom is 0.238 e. The van der Waals surface area contributed by atoms with E-state index in [0.717, 1.165) is 11.8 Å². The minimum Gasteiger partial charge on any atom is -0.497 e. The second-order valence-corrected chi connectivity index (χ2v) is 7.18. The first-order chi connectivity index (χ1) is 9.70. The summed E-state index contributed by atoms with van der Waals surface area (Å²) in [7, 11) is -0.351. The van der Waals surface area contributed by atoms with Gasteiger partial charge < -0.3 is 14.8 Å². The summed E-state index contributed by atoms with van der Waals surface area (Å²) in [5, 5.41) is 1.58. The van der Waals surface area contributed by atoms with Gasteiger partial charge in [-0.3, -0.25) is 4.79 Å². The summed E-state index contributed by atoms with van der Waals surface area (Å²) in [6.07, 6.45) is 1.04. The fraction of sp³-hybridized carbons (Fsp3) is 0.500. The number of amides is 1. The van der Waals surface area contributed by atoms with Crippen molar-refractivity contribution in [2.45, 2.75) is 25.1 Å². The first-order valence-corrected chi connectivity index (χ1v) is 8.37. The van der Waals surface area contributed by atoms with Gasteiger partial charge in [0, 0.05) is 17.9 Å². The molecule has 0 unspecified atom stereocenters. The molecule has 0 aliphatic heterocycles. The summed E-state index contributed by atoms with van der Waals surface area (Å²) in [4.78, 5) is 11.9. The summed E-state index contributed by atoms with van der Waals surface area (Å²) in [5.74, 6) is 0.663. The number of nitrogens with one attached hydrogen (secondary N) is 1. The number of carbonyl (C=O) groups excluding carboxylic acids is 1. The van der Waals surface area contributed by atoms with Crippen molar-refractivity contribution in [1.82, 2.24) is 5.32 Å². The van der Waals surface area contributed by atoms with Crippen LogP contribution in [-0.2, 0) is 14.6 Å². The predicted molar refractivity (Wildman–Crippen MR) is 80.4 cm³/mol. The van der Waals surface area contributed by atoms with Crippen LogP contribution in [0.5, 0.6) is 11.5 Å². The first kappa shape index (κ1) is 17.3. The highest BCUT2D eigenvalue weighted by Crippen LogP contribution is 2.29. The normalized spacial score (nSPS) is 14.1. The molecule has 0 radical (unpaired) electrons. The van der Waals surface area contributed by atoms with E-state index >= 15 is 0 Å². The molecule has 118 valence electrons. The predicted octanol–water partition coefficient (Wildman–Crippen LogP) is 1.31. The molecule has 1 N–H and O–H groups in total. The number of rotatable bonds is 6. The fourth-order valence-corrected chi connectivity index (χ4v) is 2.24. The van der Waals surface area contributed by atoms with Gasteiger partial charge in [0.1, 0.15) is 16.7 Å². The van der Waals surface area contributed by atoms with E-state index in [1.807, 2.05) is 0 Å². The smallest absolute Gasteiger partial charge is 0.238 e. The molecule has 0 fully saturated rings. The highest BCUT2D eigenvalue weighted by molar-refractivity contribution is 7.92. The maximum atomic E-state index is 11.9. The Morgan fingerprint density at radius 1 is 1.19 bits per heavy atom. The molecule has 0 heterocycles. The molecule has 1 aromatic rings. The second-order valence-electron chi connectivity index (χ2n) is 4.81. The Kier molecular flexibility index (Phi) is 5.60. The Bertz CT molecular complexity index is 612. The average molecular weight is 315 g/mol. The molecular weight excluding hydrogens is 294 g/mol. The standard InChI is InChI=1S/C14H21NO5S/c1-9(15-14(16)10(2)21(5,17)18)12-7-6-11(19-3)8-13(12)20-4/h6-10H,1-5H3,(H,15,16)/t9-,10-/m0/s1. The summed E-state index contributed by atoms with van der Waals surface area (Å²) < 4.78 is 33.2. The van der Waals surface area contributed by atoms with Crippen LogP contribution in [-0.4, -0.2) is 40.1 Å². The number of carbonyl (C=O) groups is 1. The molecule has 0 saturated heterocycles. The molecule has 1 rings (SSSR count). The number of hydrogen-bond donors (Lipinski definition) is 1. The molecule has 0 aliphatic carbocycles. The van der Waals surface area contributed by atoms with Gasteiger partial charge in [0.05, 0.1) is 20.3 Å². The van der Waals surface area contributed by atoms with E-state index in [-0.39, 0.29) is 6.04 Å². The van der Waals surface area contributed by atoms with E-state index in [4.69, 9.17) is 9.47 Å². The van der Waals surface area contributed by atoms with Gasteiger partial charge in [-0.2, -0.15) is 0 Å². The van der Waals surface area contributed by atoms with Crippen molar-refractivity contribution in [3.63, 3.8) is 0 Å². The molecule has 0 bridgehead atoms. The van der Waals surface area contributed by atoms with E-state index in [9.17, 15) is 13.2 Å². The largest absolute Gasteiger partial charge is 0.497 e. The lowest BCUT2D eigenvalue weighted by Crippen LogP contribution is -2.38. The lowest BCUT2D eigenvalue weighted by atomic mass is 10.1. The zero-order chi connectivity index (χ0) is 16.2. The van der Waals surface area contributed by atoms with Crippen molar-refractivity contribution in [2.75, 3.05) is 20.5 Å². The van der Waals surface area contributed by atoms with Crippen LogP contribution in [0.4, 0.5) is 0 Å². The summed E-state index contributed by atoms with van der Waals surface area (Å²) in [6, 6.07) is 4.84. The van der Waals surface area contributed by atoms with Crippen LogP contribution in [0.15, 0.2) is 18.2 Å². The van der Waals surface area contributed by atoms with Crippen molar-refractivity contribution in [3.05, 3.63) is 23.8 Å². The van der Waals surface area contributed by atoms with Crippen molar-refractivity contribution in [2.24, 2.45) is 0 Å². The monoisotopic (exact) mass is 315 g/mol. The van der Waals surface area contributed by atoms with Gasteiger partial charge in [0.15, 0.2) is 9.84 Å². The third-order valence-corrected chi connectivity index (χ3v) is 4.78. The zero-order valence-corrected chi connectivity index (χ0v) is 13.7. The van der Waals surface area contributed by atoms with Gasteiger partial charge in [-0.05, 0) is 26.0 Å². The molecule has 0 aromatic heterocycles. The van der Waals surface area contributed by atoms with Crippen molar-refractivity contribution < 1.29 is 22.7 Å². The van der Waals surface area contributed by atoms with Gasteiger partial charge >= 0.3 is 0 Å². The topological polar surface area (TPSA) is 81.7 Å². The van der Waals surface area contributed by atoms with E-state index in [1.165, 1.54) is 14.0 Å². The molecule has 1 aromatic carbocycles. The van der Waals surface area contributed by atoms with Crippen LogP contribution in [0.25, 0.3) is 0 Å². The minimum atomic E-state index is -3.42. The minimum absolute atomic E-state index is 0.387. The third kappa shape index (κ3) is 4.35. The van der Waals surface area contributed by atoms with Gasteiger partial charge in [-0.25, -0.2) is 8.42 Å². The Morgan fingerprint density at radius 2 is 1.81 bits per heavy atom. The van der Waals surface area contributed by atoms with Crippen LogP contribution in [0, 0.1) is 0 Å². The van der Waals surface area contributed by atoms with Crippen LogP contribution in [0.3, 0.4) is 0 Å². The van der Waals surface area contributed by atoms with Crippen molar-refractivity contribution in [1.29, 1.82) is 0 Å². The summed E-state index contributed by atoms with van der Waals surface area (Å²) >= 11 is 0. The molecule has 1 amide bonds. The van der Waals surface area contributed by atoms with E-state index < -0.39 is 21.0 Å². The molecule has 7 heteroatoms. The molecule has 21 heavy (non-hydrogen) atoms. The Morgan fingerprint density at radius 3 is 2.29 bits per heavy atom. The zero-order valence-electron chi connectivity index (χ0n) is 12.8. The Balaban J connectivity index is 2.94. The highest BCUT2D eigenvalue weighted by atomic mass is 32.2. The highest BCUT2D eigenvalue weighted by Gasteiger charge is 2.25.